The number of alkyl carbamates (subject to hydrolysis) is 1. The van der Waals surface area contributed by atoms with Crippen LogP contribution in [0.2, 0.25) is 0 Å². The van der Waals surface area contributed by atoms with Crippen molar-refractivity contribution in [3.05, 3.63) is 11.6 Å². The molecule has 0 aliphatic heterocycles. The molecule has 2 atom stereocenters. The van der Waals surface area contributed by atoms with Gasteiger partial charge < -0.3 is 20.1 Å². The van der Waals surface area contributed by atoms with Gasteiger partial charge in [0.1, 0.15) is 11.6 Å². The quantitative estimate of drug-likeness (QED) is 0.635. The van der Waals surface area contributed by atoms with Crippen LogP contribution in [0.15, 0.2) is 11.6 Å². The lowest BCUT2D eigenvalue weighted by Gasteiger charge is -2.37. The molecule has 7 heteroatoms. The van der Waals surface area contributed by atoms with E-state index < -0.39 is 35.2 Å². The molecule has 2 amide bonds. The summed E-state index contributed by atoms with van der Waals surface area (Å²) in [6.45, 7) is 16.4. The normalized spacial score (nSPS) is 15.0. The van der Waals surface area contributed by atoms with Crippen molar-refractivity contribution >= 4 is 18.0 Å². The Morgan fingerprint density at radius 2 is 1.61 bits per heavy atom. The Bertz CT molecular complexity index is 597. The van der Waals surface area contributed by atoms with E-state index in [9.17, 15) is 19.5 Å². The average molecular weight is 399 g/mol. The number of ether oxygens (including phenoxy) is 1. The molecule has 0 saturated heterocycles. The van der Waals surface area contributed by atoms with Gasteiger partial charge in [0.05, 0.1) is 6.04 Å². The van der Waals surface area contributed by atoms with Gasteiger partial charge in [-0.05, 0) is 38.5 Å². The summed E-state index contributed by atoms with van der Waals surface area (Å²) in [5.74, 6) is -1.29. The number of carbonyl (C=O) groups excluding carboxylic acids is 2. The van der Waals surface area contributed by atoms with Gasteiger partial charge in [-0.1, -0.05) is 47.6 Å². The van der Waals surface area contributed by atoms with Crippen LogP contribution in [0.5, 0.6) is 0 Å². The third-order valence-corrected chi connectivity index (χ3v) is 4.28. The number of amides is 2. The summed E-state index contributed by atoms with van der Waals surface area (Å²) >= 11 is 0. The molecule has 0 aliphatic rings. The van der Waals surface area contributed by atoms with E-state index in [1.54, 1.807) is 40.8 Å². The largest absolute Gasteiger partial charge is 0.478 e. The topological polar surface area (TPSA) is 95.9 Å². The average Bonchev–Trinajstić information content (AvgIpc) is 2.48. The van der Waals surface area contributed by atoms with E-state index in [1.807, 2.05) is 34.6 Å². The summed E-state index contributed by atoms with van der Waals surface area (Å²) in [7, 11) is 1.63. The van der Waals surface area contributed by atoms with Crippen LogP contribution in [-0.4, -0.2) is 52.7 Å². The first-order valence-corrected chi connectivity index (χ1v) is 9.71. The fourth-order valence-electron chi connectivity index (χ4n) is 2.72. The van der Waals surface area contributed by atoms with E-state index in [1.165, 1.54) is 4.90 Å². The van der Waals surface area contributed by atoms with Crippen molar-refractivity contribution < 1.29 is 24.2 Å². The fourth-order valence-corrected chi connectivity index (χ4v) is 2.72. The van der Waals surface area contributed by atoms with Crippen molar-refractivity contribution in [1.29, 1.82) is 0 Å². The maximum atomic E-state index is 13.3. The Balaban J connectivity index is 5.77. The first-order valence-electron chi connectivity index (χ1n) is 9.71. The second-order valence-electron chi connectivity index (χ2n) is 9.48. The molecular weight excluding hydrogens is 360 g/mol. The van der Waals surface area contributed by atoms with Gasteiger partial charge in [0.2, 0.25) is 5.91 Å². The maximum absolute atomic E-state index is 13.3. The molecule has 0 aromatic heterocycles. The summed E-state index contributed by atoms with van der Waals surface area (Å²) in [5.41, 5.74) is -0.985. The summed E-state index contributed by atoms with van der Waals surface area (Å²) in [5, 5.41) is 12.0. The van der Waals surface area contributed by atoms with Gasteiger partial charge in [-0.2, -0.15) is 0 Å². The van der Waals surface area contributed by atoms with Gasteiger partial charge in [0.15, 0.2) is 0 Å². The van der Waals surface area contributed by atoms with Crippen molar-refractivity contribution in [3.8, 4) is 0 Å². The first-order chi connectivity index (χ1) is 12.5. The zero-order chi connectivity index (χ0) is 22.4. The lowest BCUT2D eigenvalue weighted by Crippen LogP contribution is -2.57. The predicted octanol–water partition coefficient (Wildman–Crippen LogP) is 3.83. The summed E-state index contributed by atoms with van der Waals surface area (Å²) in [4.78, 5) is 38.4. The van der Waals surface area contributed by atoms with E-state index in [0.717, 1.165) is 0 Å². The molecule has 0 bridgehead atoms. The number of rotatable bonds is 7. The van der Waals surface area contributed by atoms with Gasteiger partial charge in [-0.3, -0.25) is 4.79 Å². The second kappa shape index (κ2) is 9.94. The number of hydrogen-bond donors (Lipinski definition) is 2. The molecular formula is C21H38N2O5. The molecule has 162 valence electrons. The standard InChI is InChI=1S/C21H38N2O5/c1-11-14(18(25)26)12-15(13(2)3)23(10)17(24)16(20(4,5)6)22-19(27)28-21(7,8)9/h12-13,15-16H,11H2,1-10H3,(H,22,27)(H,25,26)/t15-,16-/m1/s1. The van der Waals surface area contributed by atoms with Gasteiger partial charge in [-0.25, -0.2) is 9.59 Å². The zero-order valence-corrected chi connectivity index (χ0v) is 19.0. The highest BCUT2D eigenvalue weighted by Crippen LogP contribution is 2.24. The SMILES string of the molecule is CCC(=C[C@H](C(C)C)N(C)C(=O)[C@@H](NC(=O)OC(C)(C)C)C(C)(C)C)C(=O)O. The Hall–Kier alpha value is -2.05. The van der Waals surface area contributed by atoms with Crippen LogP contribution in [0, 0.1) is 11.3 Å². The Labute approximate surface area is 169 Å². The van der Waals surface area contributed by atoms with Crippen LogP contribution >= 0.6 is 0 Å². The van der Waals surface area contributed by atoms with Crippen LogP contribution in [0.25, 0.3) is 0 Å². The number of aliphatic carboxylic acids is 1. The second-order valence-corrected chi connectivity index (χ2v) is 9.48. The number of carboxylic acid groups (broad SMARTS) is 1. The summed E-state index contributed by atoms with van der Waals surface area (Å²) < 4.78 is 5.30. The van der Waals surface area contributed by atoms with Crippen molar-refractivity contribution in [3.63, 3.8) is 0 Å². The summed E-state index contributed by atoms with van der Waals surface area (Å²) in [6.07, 6.45) is 1.32. The Morgan fingerprint density at radius 3 is 1.93 bits per heavy atom. The third kappa shape index (κ3) is 8.31. The number of hydrogen-bond acceptors (Lipinski definition) is 4. The highest BCUT2D eigenvalue weighted by molar-refractivity contribution is 5.88. The fraction of sp³-hybridized carbons (Fsp3) is 0.762. The van der Waals surface area contributed by atoms with Crippen LogP contribution in [0.4, 0.5) is 4.79 Å². The minimum Gasteiger partial charge on any atom is -0.478 e. The first kappa shape index (κ1) is 26.0. The molecule has 28 heavy (non-hydrogen) atoms. The van der Waals surface area contributed by atoms with Crippen molar-refractivity contribution in [1.82, 2.24) is 10.2 Å². The number of carbonyl (C=O) groups is 3. The van der Waals surface area contributed by atoms with Gasteiger partial charge in [0.25, 0.3) is 0 Å². The van der Waals surface area contributed by atoms with Crippen LogP contribution in [-0.2, 0) is 14.3 Å². The monoisotopic (exact) mass is 398 g/mol. The number of carboxylic acids is 1. The Morgan fingerprint density at radius 1 is 1.11 bits per heavy atom. The summed E-state index contributed by atoms with van der Waals surface area (Å²) in [6, 6.07) is -1.24. The zero-order valence-electron chi connectivity index (χ0n) is 19.0. The van der Waals surface area contributed by atoms with Crippen molar-refractivity contribution in [2.75, 3.05) is 7.05 Å². The third-order valence-electron chi connectivity index (χ3n) is 4.28. The number of likely N-dealkylation sites (N-methyl/N-ethyl adjacent to an activating group) is 1. The lowest BCUT2D eigenvalue weighted by molar-refractivity contribution is -0.137. The van der Waals surface area contributed by atoms with Gasteiger partial charge in [0, 0.05) is 12.6 Å². The van der Waals surface area contributed by atoms with Crippen LogP contribution in [0.3, 0.4) is 0 Å². The molecule has 0 aliphatic carbocycles. The van der Waals surface area contributed by atoms with Crippen LogP contribution in [0.1, 0.15) is 68.7 Å². The number of nitrogens with one attached hydrogen (secondary N) is 1. The van der Waals surface area contributed by atoms with Crippen molar-refractivity contribution in [2.45, 2.75) is 86.4 Å². The highest BCUT2D eigenvalue weighted by Gasteiger charge is 2.38. The van der Waals surface area contributed by atoms with E-state index in [-0.39, 0.29) is 17.4 Å². The number of nitrogens with zero attached hydrogens (tertiary/aromatic N) is 1. The minimum atomic E-state index is -0.992. The van der Waals surface area contributed by atoms with E-state index in [0.29, 0.717) is 6.42 Å². The predicted molar refractivity (Wildman–Crippen MR) is 110 cm³/mol. The molecule has 0 spiro atoms. The van der Waals surface area contributed by atoms with E-state index in [2.05, 4.69) is 5.32 Å². The smallest absolute Gasteiger partial charge is 0.408 e. The lowest BCUT2D eigenvalue weighted by atomic mass is 9.85. The molecule has 0 unspecified atom stereocenters. The van der Waals surface area contributed by atoms with Gasteiger partial charge in [-0.15, -0.1) is 0 Å². The van der Waals surface area contributed by atoms with E-state index in [4.69, 9.17) is 4.74 Å². The van der Waals surface area contributed by atoms with Crippen molar-refractivity contribution in [2.24, 2.45) is 11.3 Å². The minimum absolute atomic E-state index is 0.00278. The van der Waals surface area contributed by atoms with Gasteiger partial charge >= 0.3 is 12.1 Å². The van der Waals surface area contributed by atoms with Crippen LogP contribution < -0.4 is 5.32 Å². The molecule has 0 heterocycles. The van der Waals surface area contributed by atoms with E-state index >= 15 is 0 Å². The molecule has 0 aromatic rings. The molecule has 0 fully saturated rings. The molecule has 0 saturated carbocycles. The molecule has 7 nitrogen and oxygen atoms in total. The maximum Gasteiger partial charge on any atom is 0.408 e. The molecule has 2 N–H and O–H groups in total. The Kier molecular flexibility index (Phi) is 9.21. The highest BCUT2D eigenvalue weighted by atomic mass is 16.6. The molecule has 0 radical (unpaired) electrons. The molecule has 0 rings (SSSR count). The molecule has 0 aromatic carbocycles.